The van der Waals surface area contributed by atoms with Crippen molar-refractivity contribution in [2.24, 2.45) is 0 Å². The molecule has 1 aliphatic rings. The summed E-state index contributed by atoms with van der Waals surface area (Å²) in [7, 11) is 0. The molecule has 0 unspecified atom stereocenters. The number of likely N-dealkylation sites (tertiary alicyclic amines) is 1. The summed E-state index contributed by atoms with van der Waals surface area (Å²) >= 11 is 0. The SMILES string of the molecule is Cc1ccc(-c2ccc(C(=O)N3CCC(c4noc(C)n4)CC3)cc2)cc1. The van der Waals surface area contributed by atoms with Crippen LogP contribution in [0.4, 0.5) is 0 Å². The first-order chi connectivity index (χ1) is 13.1. The van der Waals surface area contributed by atoms with E-state index in [0.717, 1.165) is 48.4 Å². The molecular formula is C22H23N3O2. The Morgan fingerprint density at radius 2 is 1.56 bits per heavy atom. The molecule has 1 aromatic heterocycles. The lowest BCUT2D eigenvalue weighted by molar-refractivity contribution is 0.0710. The molecule has 4 rings (SSSR count). The Balaban J connectivity index is 1.40. The van der Waals surface area contributed by atoms with E-state index in [1.165, 1.54) is 5.56 Å². The number of carbonyl (C=O) groups is 1. The molecule has 2 heterocycles. The van der Waals surface area contributed by atoms with Gasteiger partial charge in [-0.3, -0.25) is 4.79 Å². The molecule has 3 aromatic rings. The van der Waals surface area contributed by atoms with Crippen LogP contribution in [-0.2, 0) is 0 Å². The Morgan fingerprint density at radius 1 is 0.963 bits per heavy atom. The monoisotopic (exact) mass is 361 g/mol. The maximum atomic E-state index is 12.8. The zero-order valence-electron chi connectivity index (χ0n) is 15.7. The standard InChI is InChI=1S/C22H23N3O2/c1-15-3-5-17(6-4-15)18-7-9-20(10-8-18)22(26)25-13-11-19(12-14-25)21-23-16(2)27-24-21/h3-10,19H,11-14H2,1-2H3. The van der Waals surface area contributed by atoms with Gasteiger partial charge in [-0.2, -0.15) is 4.98 Å². The zero-order valence-corrected chi connectivity index (χ0v) is 15.7. The Labute approximate surface area is 159 Å². The number of aromatic nitrogens is 2. The van der Waals surface area contributed by atoms with Gasteiger partial charge in [-0.05, 0) is 43.0 Å². The molecule has 0 N–H and O–H groups in total. The molecule has 138 valence electrons. The predicted octanol–water partition coefficient (Wildman–Crippen LogP) is 4.37. The molecule has 1 fully saturated rings. The summed E-state index contributed by atoms with van der Waals surface area (Å²) < 4.78 is 5.07. The van der Waals surface area contributed by atoms with Crippen LogP contribution in [0.5, 0.6) is 0 Å². The van der Waals surface area contributed by atoms with E-state index >= 15 is 0 Å². The van der Waals surface area contributed by atoms with Gasteiger partial charge in [0.25, 0.3) is 5.91 Å². The van der Waals surface area contributed by atoms with E-state index in [4.69, 9.17) is 4.52 Å². The smallest absolute Gasteiger partial charge is 0.253 e. The third kappa shape index (κ3) is 3.77. The van der Waals surface area contributed by atoms with Crippen LogP contribution in [0.15, 0.2) is 53.1 Å². The summed E-state index contributed by atoms with van der Waals surface area (Å²) in [4.78, 5) is 19.1. The summed E-state index contributed by atoms with van der Waals surface area (Å²) in [5.74, 6) is 1.72. The fourth-order valence-corrected chi connectivity index (χ4v) is 3.56. The van der Waals surface area contributed by atoms with Crippen LogP contribution < -0.4 is 0 Å². The maximum absolute atomic E-state index is 12.8. The van der Waals surface area contributed by atoms with Crippen molar-refractivity contribution in [1.82, 2.24) is 15.0 Å². The topological polar surface area (TPSA) is 59.2 Å². The van der Waals surface area contributed by atoms with E-state index in [0.29, 0.717) is 5.89 Å². The van der Waals surface area contributed by atoms with Gasteiger partial charge in [0, 0.05) is 31.5 Å². The van der Waals surface area contributed by atoms with E-state index in [1.54, 1.807) is 6.92 Å². The number of piperidine rings is 1. The minimum absolute atomic E-state index is 0.0909. The lowest BCUT2D eigenvalue weighted by Crippen LogP contribution is -2.38. The molecule has 0 spiro atoms. The summed E-state index contributed by atoms with van der Waals surface area (Å²) in [6.45, 7) is 5.32. The lowest BCUT2D eigenvalue weighted by atomic mass is 9.95. The van der Waals surface area contributed by atoms with E-state index in [-0.39, 0.29) is 11.8 Å². The summed E-state index contributed by atoms with van der Waals surface area (Å²) in [6, 6.07) is 16.3. The van der Waals surface area contributed by atoms with E-state index in [1.807, 2.05) is 29.2 Å². The van der Waals surface area contributed by atoms with Crippen LogP contribution in [0.1, 0.15) is 46.4 Å². The van der Waals surface area contributed by atoms with Crippen LogP contribution in [-0.4, -0.2) is 34.0 Å². The van der Waals surface area contributed by atoms with Crippen molar-refractivity contribution >= 4 is 5.91 Å². The van der Waals surface area contributed by atoms with Crippen molar-refractivity contribution in [3.05, 3.63) is 71.4 Å². The number of carbonyl (C=O) groups excluding carboxylic acids is 1. The predicted molar refractivity (Wildman–Crippen MR) is 104 cm³/mol. The number of hydrogen-bond donors (Lipinski definition) is 0. The largest absolute Gasteiger partial charge is 0.340 e. The highest BCUT2D eigenvalue weighted by Gasteiger charge is 2.27. The van der Waals surface area contributed by atoms with Gasteiger partial charge in [-0.15, -0.1) is 0 Å². The first-order valence-electron chi connectivity index (χ1n) is 9.37. The molecule has 1 saturated heterocycles. The quantitative estimate of drug-likeness (QED) is 0.695. The van der Waals surface area contributed by atoms with Gasteiger partial charge < -0.3 is 9.42 Å². The molecule has 27 heavy (non-hydrogen) atoms. The fourth-order valence-electron chi connectivity index (χ4n) is 3.56. The van der Waals surface area contributed by atoms with Crippen molar-refractivity contribution in [2.75, 3.05) is 13.1 Å². The molecule has 0 saturated carbocycles. The van der Waals surface area contributed by atoms with Gasteiger partial charge in [0.05, 0.1) is 0 Å². The van der Waals surface area contributed by atoms with Gasteiger partial charge >= 0.3 is 0 Å². The number of rotatable bonds is 3. The number of amides is 1. The number of nitrogens with zero attached hydrogens (tertiary/aromatic N) is 3. The highest BCUT2D eigenvalue weighted by molar-refractivity contribution is 5.94. The van der Waals surface area contributed by atoms with Crippen molar-refractivity contribution in [2.45, 2.75) is 32.6 Å². The van der Waals surface area contributed by atoms with Crippen LogP contribution in [0, 0.1) is 13.8 Å². The van der Waals surface area contributed by atoms with E-state index < -0.39 is 0 Å². The second-order valence-electron chi connectivity index (χ2n) is 7.18. The maximum Gasteiger partial charge on any atom is 0.253 e. The summed E-state index contributed by atoms with van der Waals surface area (Å²) in [6.07, 6.45) is 1.73. The molecule has 0 aliphatic carbocycles. The van der Waals surface area contributed by atoms with Gasteiger partial charge in [0.15, 0.2) is 5.82 Å². The van der Waals surface area contributed by atoms with E-state index in [9.17, 15) is 4.79 Å². The number of aryl methyl sites for hydroxylation is 2. The normalized spacial score (nSPS) is 15.1. The molecule has 0 atom stereocenters. The van der Waals surface area contributed by atoms with Gasteiger partial charge in [-0.1, -0.05) is 47.1 Å². The first-order valence-corrected chi connectivity index (χ1v) is 9.37. The zero-order chi connectivity index (χ0) is 18.8. The first kappa shape index (κ1) is 17.5. The second-order valence-corrected chi connectivity index (χ2v) is 7.18. The van der Waals surface area contributed by atoms with Crippen molar-refractivity contribution < 1.29 is 9.32 Å². The van der Waals surface area contributed by atoms with Gasteiger partial charge in [-0.25, -0.2) is 0 Å². The third-order valence-electron chi connectivity index (χ3n) is 5.21. The summed E-state index contributed by atoms with van der Waals surface area (Å²) in [5, 5.41) is 4.02. The molecule has 5 nitrogen and oxygen atoms in total. The molecular weight excluding hydrogens is 338 g/mol. The summed E-state index contributed by atoms with van der Waals surface area (Å²) in [5.41, 5.74) is 4.26. The van der Waals surface area contributed by atoms with Crippen molar-refractivity contribution in [3.63, 3.8) is 0 Å². The molecule has 0 bridgehead atoms. The van der Waals surface area contributed by atoms with E-state index in [2.05, 4.69) is 41.3 Å². The van der Waals surface area contributed by atoms with Gasteiger partial charge in [0.2, 0.25) is 5.89 Å². The second kappa shape index (κ2) is 7.35. The Kier molecular flexibility index (Phi) is 4.75. The molecule has 5 heteroatoms. The van der Waals surface area contributed by atoms with Crippen molar-refractivity contribution in [3.8, 4) is 11.1 Å². The highest BCUT2D eigenvalue weighted by atomic mass is 16.5. The van der Waals surface area contributed by atoms with Crippen LogP contribution in [0.25, 0.3) is 11.1 Å². The minimum atomic E-state index is 0.0909. The van der Waals surface area contributed by atoms with Crippen LogP contribution in [0.3, 0.4) is 0 Å². The number of benzene rings is 2. The number of hydrogen-bond acceptors (Lipinski definition) is 4. The molecule has 1 aliphatic heterocycles. The minimum Gasteiger partial charge on any atom is -0.340 e. The molecule has 0 radical (unpaired) electrons. The van der Waals surface area contributed by atoms with Gasteiger partial charge in [0.1, 0.15) is 0 Å². The third-order valence-corrected chi connectivity index (χ3v) is 5.21. The Hall–Kier alpha value is -2.95. The van der Waals surface area contributed by atoms with Crippen molar-refractivity contribution in [1.29, 1.82) is 0 Å². The lowest BCUT2D eigenvalue weighted by Gasteiger charge is -2.30. The molecule has 1 amide bonds. The Morgan fingerprint density at radius 3 is 2.11 bits per heavy atom. The van der Waals surface area contributed by atoms with Crippen LogP contribution >= 0.6 is 0 Å². The molecule has 2 aromatic carbocycles. The average molecular weight is 361 g/mol. The Bertz CT molecular complexity index is 921. The average Bonchev–Trinajstić information content (AvgIpc) is 3.15. The van der Waals surface area contributed by atoms with Crippen LogP contribution in [0.2, 0.25) is 0 Å². The fraction of sp³-hybridized carbons (Fsp3) is 0.318. The highest BCUT2D eigenvalue weighted by Crippen LogP contribution is 2.27.